The number of carbonyl (C=O) groups is 1. The van der Waals surface area contributed by atoms with Crippen LogP contribution >= 0.6 is 0 Å². The van der Waals surface area contributed by atoms with E-state index in [1.54, 1.807) is 0 Å². The van der Waals surface area contributed by atoms with Crippen LogP contribution in [0.1, 0.15) is 29.5 Å². The summed E-state index contributed by atoms with van der Waals surface area (Å²) in [6.07, 6.45) is 0. The van der Waals surface area contributed by atoms with Crippen LogP contribution in [0.4, 0.5) is 17.1 Å². The molecule has 1 N–H and O–H groups in total. The molecule has 0 radical (unpaired) electrons. The molecule has 0 aliphatic heterocycles. The predicted molar refractivity (Wildman–Crippen MR) is 123 cm³/mol. The Bertz CT molecular complexity index is 891. The zero-order chi connectivity index (χ0) is 21.0. The molecule has 0 heterocycles. The van der Waals surface area contributed by atoms with Crippen molar-refractivity contribution in [3.63, 3.8) is 0 Å². The lowest BCUT2D eigenvalue weighted by atomic mass is 9.85. The monoisotopic (exact) mass is 387 g/mol. The Balaban J connectivity index is 2.02. The van der Waals surface area contributed by atoms with Crippen LogP contribution in [0.15, 0.2) is 72.8 Å². The average Bonchev–Trinajstić information content (AvgIpc) is 2.70. The molecule has 0 aliphatic carbocycles. The highest BCUT2D eigenvalue weighted by molar-refractivity contribution is 5.88. The Morgan fingerprint density at radius 2 is 1.00 bits per heavy atom. The molecular formula is C25H29N3O. The van der Waals surface area contributed by atoms with E-state index in [0.717, 1.165) is 5.69 Å². The Labute approximate surface area is 173 Å². The van der Waals surface area contributed by atoms with Gasteiger partial charge in [-0.15, -0.1) is 0 Å². The highest BCUT2D eigenvalue weighted by Crippen LogP contribution is 2.34. The Hall–Kier alpha value is -3.27. The molecule has 3 rings (SSSR count). The fourth-order valence-electron chi connectivity index (χ4n) is 3.47. The summed E-state index contributed by atoms with van der Waals surface area (Å²) in [5.74, 6) is 0.0571. The van der Waals surface area contributed by atoms with Crippen LogP contribution in [-0.4, -0.2) is 34.1 Å². The molecule has 0 fully saturated rings. The first-order valence-corrected chi connectivity index (χ1v) is 9.77. The van der Waals surface area contributed by atoms with Gasteiger partial charge in [0.2, 0.25) is 5.91 Å². The molecule has 1 amide bonds. The molecule has 29 heavy (non-hydrogen) atoms. The van der Waals surface area contributed by atoms with Crippen molar-refractivity contribution in [2.75, 3.05) is 43.3 Å². The van der Waals surface area contributed by atoms with E-state index in [0.29, 0.717) is 0 Å². The first-order valence-electron chi connectivity index (χ1n) is 9.77. The Morgan fingerprint density at radius 3 is 1.31 bits per heavy atom. The quantitative estimate of drug-likeness (QED) is 0.608. The van der Waals surface area contributed by atoms with Crippen LogP contribution in [0.2, 0.25) is 0 Å². The van der Waals surface area contributed by atoms with Gasteiger partial charge in [0, 0.05) is 58.1 Å². The fourth-order valence-corrected chi connectivity index (χ4v) is 3.47. The summed E-state index contributed by atoms with van der Waals surface area (Å²) in [6.45, 7) is 1.52. The smallest absolute Gasteiger partial charge is 0.221 e. The highest BCUT2D eigenvalue weighted by atomic mass is 16.1. The van der Waals surface area contributed by atoms with E-state index >= 15 is 0 Å². The molecule has 3 aromatic carbocycles. The first-order chi connectivity index (χ1) is 13.8. The lowest BCUT2D eigenvalue weighted by Gasteiger charge is -2.22. The van der Waals surface area contributed by atoms with Crippen molar-refractivity contribution < 1.29 is 4.79 Å². The van der Waals surface area contributed by atoms with Crippen LogP contribution in [0.25, 0.3) is 0 Å². The first kappa shape index (κ1) is 20.5. The molecule has 0 aromatic heterocycles. The van der Waals surface area contributed by atoms with E-state index in [1.165, 1.54) is 35.0 Å². The van der Waals surface area contributed by atoms with Crippen LogP contribution in [0, 0.1) is 0 Å². The summed E-state index contributed by atoms with van der Waals surface area (Å²) in [5, 5.41) is 2.84. The van der Waals surface area contributed by atoms with Gasteiger partial charge in [0.15, 0.2) is 0 Å². The van der Waals surface area contributed by atoms with Crippen molar-refractivity contribution in [2.24, 2.45) is 0 Å². The van der Waals surface area contributed by atoms with Crippen molar-refractivity contribution >= 4 is 23.0 Å². The maximum atomic E-state index is 11.3. The van der Waals surface area contributed by atoms with Gasteiger partial charge in [0.05, 0.1) is 0 Å². The van der Waals surface area contributed by atoms with E-state index in [2.05, 4.69) is 75.8 Å². The van der Waals surface area contributed by atoms with Crippen molar-refractivity contribution in [3.05, 3.63) is 89.5 Å². The summed E-state index contributed by atoms with van der Waals surface area (Å²) >= 11 is 0. The van der Waals surface area contributed by atoms with E-state index in [4.69, 9.17) is 0 Å². The summed E-state index contributed by atoms with van der Waals surface area (Å²) in [7, 11) is 8.20. The summed E-state index contributed by atoms with van der Waals surface area (Å²) in [4.78, 5) is 15.5. The van der Waals surface area contributed by atoms with Gasteiger partial charge in [-0.1, -0.05) is 36.4 Å². The lowest BCUT2D eigenvalue weighted by molar-refractivity contribution is -0.114. The van der Waals surface area contributed by atoms with Gasteiger partial charge < -0.3 is 15.1 Å². The van der Waals surface area contributed by atoms with Crippen LogP contribution in [0.3, 0.4) is 0 Å². The molecule has 0 unspecified atom stereocenters. The van der Waals surface area contributed by atoms with Crippen molar-refractivity contribution in [3.8, 4) is 0 Å². The molecule has 0 aliphatic rings. The second-order valence-corrected chi connectivity index (χ2v) is 7.71. The molecule has 150 valence electrons. The van der Waals surface area contributed by atoms with Gasteiger partial charge in [-0.25, -0.2) is 0 Å². The molecular weight excluding hydrogens is 358 g/mol. The summed E-state index contributed by atoms with van der Waals surface area (Å²) < 4.78 is 0. The van der Waals surface area contributed by atoms with Gasteiger partial charge in [-0.05, 0) is 53.1 Å². The standard InChI is InChI=1S/C25H29N3O/c1-18(29)26-22-12-6-19(7-13-22)25(20-8-14-23(15-9-20)27(2)3)21-10-16-24(17-11-21)28(4)5/h6-17,25H,1-5H3,(H,26,29). The molecule has 0 bridgehead atoms. The predicted octanol–water partition coefficient (Wildman–Crippen LogP) is 4.96. The maximum absolute atomic E-state index is 11.3. The lowest BCUT2D eigenvalue weighted by Crippen LogP contribution is -2.10. The van der Waals surface area contributed by atoms with Crippen LogP contribution in [0.5, 0.6) is 0 Å². The minimum Gasteiger partial charge on any atom is -0.378 e. The van der Waals surface area contributed by atoms with Crippen molar-refractivity contribution in [1.82, 2.24) is 0 Å². The summed E-state index contributed by atoms with van der Waals surface area (Å²) in [5.41, 5.74) is 6.83. The second kappa shape index (κ2) is 8.82. The molecule has 4 heteroatoms. The minimum absolute atomic E-state index is 0.0622. The van der Waals surface area contributed by atoms with Gasteiger partial charge >= 0.3 is 0 Å². The maximum Gasteiger partial charge on any atom is 0.221 e. The number of nitrogens with one attached hydrogen (secondary N) is 1. The summed E-state index contributed by atoms with van der Waals surface area (Å²) in [6, 6.07) is 25.5. The zero-order valence-corrected chi connectivity index (χ0v) is 17.8. The molecule has 0 saturated carbocycles. The van der Waals surface area contributed by atoms with Gasteiger partial charge in [0.1, 0.15) is 0 Å². The molecule has 4 nitrogen and oxygen atoms in total. The third-order valence-corrected chi connectivity index (χ3v) is 5.05. The Morgan fingerprint density at radius 1 is 0.655 bits per heavy atom. The second-order valence-electron chi connectivity index (χ2n) is 7.71. The van der Waals surface area contributed by atoms with Crippen LogP contribution in [-0.2, 0) is 4.79 Å². The van der Waals surface area contributed by atoms with E-state index < -0.39 is 0 Å². The van der Waals surface area contributed by atoms with Gasteiger partial charge in [0.25, 0.3) is 0 Å². The molecule has 0 spiro atoms. The van der Waals surface area contributed by atoms with E-state index in [-0.39, 0.29) is 11.8 Å². The Kier molecular flexibility index (Phi) is 6.23. The van der Waals surface area contributed by atoms with E-state index in [1.807, 2.05) is 40.3 Å². The third-order valence-electron chi connectivity index (χ3n) is 5.05. The number of nitrogens with zero attached hydrogens (tertiary/aromatic N) is 2. The SMILES string of the molecule is CC(=O)Nc1ccc(C(c2ccc(N(C)C)cc2)c2ccc(N(C)C)cc2)cc1. The largest absolute Gasteiger partial charge is 0.378 e. The van der Waals surface area contributed by atoms with Gasteiger partial charge in [-0.3, -0.25) is 4.79 Å². The third kappa shape index (κ3) is 4.96. The normalized spacial score (nSPS) is 10.7. The number of anilines is 3. The average molecular weight is 388 g/mol. The molecule has 0 atom stereocenters. The minimum atomic E-state index is -0.0622. The van der Waals surface area contributed by atoms with Crippen LogP contribution < -0.4 is 15.1 Å². The zero-order valence-electron chi connectivity index (χ0n) is 17.8. The highest BCUT2D eigenvalue weighted by Gasteiger charge is 2.17. The number of carbonyl (C=O) groups excluding carboxylic acids is 1. The van der Waals surface area contributed by atoms with E-state index in [9.17, 15) is 4.79 Å². The molecule has 0 saturated heterocycles. The molecule has 3 aromatic rings. The number of benzene rings is 3. The fraction of sp³-hybridized carbons (Fsp3) is 0.240. The number of hydrogen-bond donors (Lipinski definition) is 1. The number of rotatable bonds is 6. The van der Waals surface area contributed by atoms with Gasteiger partial charge in [-0.2, -0.15) is 0 Å². The van der Waals surface area contributed by atoms with Crippen molar-refractivity contribution in [1.29, 1.82) is 0 Å². The number of amides is 1. The van der Waals surface area contributed by atoms with Crippen molar-refractivity contribution in [2.45, 2.75) is 12.8 Å². The number of hydrogen-bond acceptors (Lipinski definition) is 3. The topological polar surface area (TPSA) is 35.6 Å².